The molecule has 1 unspecified atom stereocenters. The third kappa shape index (κ3) is 4.83. The van der Waals surface area contributed by atoms with Crippen molar-refractivity contribution in [3.05, 3.63) is 35.9 Å². The van der Waals surface area contributed by atoms with Crippen LogP contribution >= 0.6 is 0 Å². The maximum absolute atomic E-state index is 12.1. The lowest BCUT2D eigenvalue weighted by Gasteiger charge is -2.28. The van der Waals surface area contributed by atoms with Gasteiger partial charge in [-0.2, -0.15) is 0 Å². The van der Waals surface area contributed by atoms with Gasteiger partial charge < -0.3 is 15.2 Å². The van der Waals surface area contributed by atoms with E-state index >= 15 is 0 Å². The molecule has 0 bridgehead atoms. The van der Waals surface area contributed by atoms with Crippen molar-refractivity contribution in [2.75, 3.05) is 20.3 Å². The fourth-order valence-corrected chi connectivity index (χ4v) is 3.03. The Morgan fingerprint density at radius 3 is 2.57 bits per heavy atom. The minimum Gasteiger partial charge on any atom is -0.389 e. The second kappa shape index (κ2) is 8.15. The van der Waals surface area contributed by atoms with Crippen LogP contribution in [0.4, 0.5) is 0 Å². The van der Waals surface area contributed by atoms with Crippen LogP contribution in [0.25, 0.3) is 0 Å². The van der Waals surface area contributed by atoms with Crippen molar-refractivity contribution >= 4 is 5.91 Å². The second-order valence-electron chi connectivity index (χ2n) is 5.81. The first-order chi connectivity index (χ1) is 10.2. The molecule has 1 amide bonds. The molecule has 1 atom stereocenters. The Kier molecular flexibility index (Phi) is 6.21. The summed E-state index contributed by atoms with van der Waals surface area (Å²) in [6.45, 7) is 0.520. The minimum atomic E-state index is -0.625. The van der Waals surface area contributed by atoms with Gasteiger partial charge in [0.05, 0.1) is 12.7 Å². The van der Waals surface area contributed by atoms with Gasteiger partial charge in [-0.3, -0.25) is 4.79 Å². The van der Waals surface area contributed by atoms with Gasteiger partial charge in [-0.1, -0.05) is 30.3 Å². The molecule has 1 fully saturated rings. The Hall–Kier alpha value is -1.39. The molecule has 0 saturated heterocycles. The van der Waals surface area contributed by atoms with Crippen molar-refractivity contribution in [2.45, 2.75) is 37.7 Å². The molecule has 0 radical (unpaired) electrons. The van der Waals surface area contributed by atoms with Crippen LogP contribution in [0.3, 0.4) is 0 Å². The third-order valence-corrected chi connectivity index (χ3v) is 4.24. The lowest BCUT2D eigenvalue weighted by molar-refractivity contribution is -0.126. The summed E-state index contributed by atoms with van der Waals surface area (Å²) >= 11 is 0. The van der Waals surface area contributed by atoms with E-state index in [4.69, 9.17) is 4.74 Å². The predicted molar refractivity (Wildman–Crippen MR) is 82.0 cm³/mol. The summed E-state index contributed by atoms with van der Waals surface area (Å²) < 4.78 is 4.84. The molecule has 0 aliphatic heterocycles. The van der Waals surface area contributed by atoms with Gasteiger partial charge >= 0.3 is 0 Å². The first-order valence-electron chi connectivity index (χ1n) is 7.70. The smallest absolute Gasteiger partial charge is 0.223 e. The second-order valence-corrected chi connectivity index (χ2v) is 5.81. The molecule has 4 nitrogen and oxygen atoms in total. The summed E-state index contributed by atoms with van der Waals surface area (Å²) in [6, 6.07) is 10.5. The molecule has 0 spiro atoms. The molecule has 0 aromatic heterocycles. The number of carbonyl (C=O) groups excluding carboxylic acids is 1. The first-order valence-corrected chi connectivity index (χ1v) is 7.70. The van der Waals surface area contributed by atoms with Gasteiger partial charge in [-0.15, -0.1) is 0 Å². The highest BCUT2D eigenvalue weighted by Crippen LogP contribution is 2.35. The van der Waals surface area contributed by atoms with E-state index in [-0.39, 0.29) is 25.0 Å². The zero-order chi connectivity index (χ0) is 15.1. The zero-order valence-electron chi connectivity index (χ0n) is 12.6. The van der Waals surface area contributed by atoms with Crippen molar-refractivity contribution in [1.82, 2.24) is 5.32 Å². The summed E-state index contributed by atoms with van der Waals surface area (Å²) in [5.41, 5.74) is 1.38. The monoisotopic (exact) mass is 291 g/mol. The number of amides is 1. The van der Waals surface area contributed by atoms with Crippen molar-refractivity contribution < 1.29 is 14.6 Å². The van der Waals surface area contributed by atoms with E-state index in [9.17, 15) is 9.90 Å². The summed E-state index contributed by atoms with van der Waals surface area (Å²) in [4.78, 5) is 12.1. The van der Waals surface area contributed by atoms with Crippen molar-refractivity contribution in [3.8, 4) is 0 Å². The molecule has 1 aromatic rings. The quantitative estimate of drug-likeness (QED) is 0.843. The molecule has 116 valence electrons. The van der Waals surface area contributed by atoms with E-state index in [0.29, 0.717) is 5.92 Å². The molecule has 1 aliphatic carbocycles. The number of rotatable bonds is 6. The summed E-state index contributed by atoms with van der Waals surface area (Å²) in [5.74, 6) is 0.728. The lowest BCUT2D eigenvalue weighted by atomic mass is 9.78. The number of aliphatic hydroxyl groups is 1. The van der Waals surface area contributed by atoms with Crippen molar-refractivity contribution in [2.24, 2.45) is 5.92 Å². The number of hydrogen-bond donors (Lipinski definition) is 2. The van der Waals surface area contributed by atoms with Crippen LogP contribution in [-0.4, -0.2) is 37.4 Å². The topological polar surface area (TPSA) is 58.6 Å². The van der Waals surface area contributed by atoms with E-state index in [1.165, 1.54) is 12.7 Å². The predicted octanol–water partition coefficient (Wildman–Crippen LogP) is 2.08. The molecule has 21 heavy (non-hydrogen) atoms. The van der Waals surface area contributed by atoms with Crippen molar-refractivity contribution in [3.63, 3.8) is 0 Å². The molecular formula is C17H25NO3. The van der Waals surface area contributed by atoms with E-state index in [1.54, 1.807) is 0 Å². The average molecular weight is 291 g/mol. The van der Waals surface area contributed by atoms with E-state index in [1.807, 2.05) is 6.07 Å². The molecule has 1 aliphatic rings. The first kappa shape index (κ1) is 16.0. The molecule has 1 aromatic carbocycles. The number of nitrogens with one attached hydrogen (secondary N) is 1. The number of hydrogen-bond acceptors (Lipinski definition) is 3. The Labute approximate surface area is 126 Å². The third-order valence-electron chi connectivity index (χ3n) is 4.24. The van der Waals surface area contributed by atoms with Crippen LogP contribution in [0.2, 0.25) is 0 Å². The molecule has 2 rings (SSSR count). The van der Waals surface area contributed by atoms with Crippen molar-refractivity contribution in [1.29, 1.82) is 0 Å². The Morgan fingerprint density at radius 1 is 1.29 bits per heavy atom. The van der Waals surface area contributed by atoms with Crippen LogP contribution in [-0.2, 0) is 9.53 Å². The molecule has 0 heterocycles. The van der Waals surface area contributed by atoms with Crippen LogP contribution in [0.15, 0.2) is 30.3 Å². The highest BCUT2D eigenvalue weighted by Gasteiger charge is 2.27. The highest BCUT2D eigenvalue weighted by atomic mass is 16.5. The number of methoxy groups -OCH3 is 1. The summed E-state index contributed by atoms with van der Waals surface area (Å²) in [6.07, 6.45) is 3.34. The maximum atomic E-state index is 12.1. The van der Waals surface area contributed by atoms with E-state index in [0.717, 1.165) is 25.7 Å². The summed E-state index contributed by atoms with van der Waals surface area (Å²) in [7, 11) is 1.54. The van der Waals surface area contributed by atoms with Crippen LogP contribution in [0.5, 0.6) is 0 Å². The van der Waals surface area contributed by atoms with E-state index in [2.05, 4.69) is 29.6 Å². The molecule has 1 saturated carbocycles. The number of aliphatic hydroxyl groups excluding tert-OH is 1. The fraction of sp³-hybridized carbons (Fsp3) is 0.588. The van der Waals surface area contributed by atoms with Crippen LogP contribution in [0, 0.1) is 5.92 Å². The Bertz CT molecular complexity index is 427. The fourth-order valence-electron chi connectivity index (χ4n) is 3.03. The van der Waals surface area contributed by atoms with E-state index < -0.39 is 6.10 Å². The normalized spacial score (nSPS) is 23.5. The molecule has 4 heteroatoms. The van der Waals surface area contributed by atoms with Crippen LogP contribution in [0.1, 0.15) is 37.2 Å². The standard InChI is InChI=1S/C17H25NO3/c1-21-12-16(19)11-18-17(20)15-9-7-14(8-10-15)13-5-3-2-4-6-13/h2-6,14-16,19H,7-12H2,1H3,(H,18,20). The summed E-state index contributed by atoms with van der Waals surface area (Å²) in [5, 5.41) is 12.4. The van der Waals surface area contributed by atoms with Crippen LogP contribution < -0.4 is 5.32 Å². The lowest BCUT2D eigenvalue weighted by Crippen LogP contribution is -2.38. The highest BCUT2D eigenvalue weighted by molar-refractivity contribution is 5.78. The van der Waals surface area contributed by atoms with Gasteiger partial charge in [0, 0.05) is 19.6 Å². The van der Waals surface area contributed by atoms with Gasteiger partial charge in [0.25, 0.3) is 0 Å². The minimum absolute atomic E-state index is 0.0664. The Balaban J connectivity index is 1.74. The molecule has 2 N–H and O–H groups in total. The van der Waals surface area contributed by atoms with Gasteiger partial charge in [0.1, 0.15) is 0 Å². The number of benzene rings is 1. The van der Waals surface area contributed by atoms with Gasteiger partial charge in [0.15, 0.2) is 0 Å². The van der Waals surface area contributed by atoms with Gasteiger partial charge in [-0.05, 0) is 37.2 Å². The maximum Gasteiger partial charge on any atom is 0.223 e. The Morgan fingerprint density at radius 2 is 1.95 bits per heavy atom. The SMILES string of the molecule is COCC(O)CNC(=O)C1CCC(c2ccccc2)CC1. The zero-order valence-corrected chi connectivity index (χ0v) is 12.6. The average Bonchev–Trinajstić information content (AvgIpc) is 2.54. The van der Waals surface area contributed by atoms with Gasteiger partial charge in [0.2, 0.25) is 5.91 Å². The number of ether oxygens (including phenoxy) is 1. The largest absolute Gasteiger partial charge is 0.389 e. The molecular weight excluding hydrogens is 266 g/mol. The van der Waals surface area contributed by atoms with Gasteiger partial charge in [-0.25, -0.2) is 0 Å². The number of carbonyl (C=O) groups is 1.